The minimum atomic E-state index is -3.36. The van der Waals surface area contributed by atoms with Crippen molar-refractivity contribution in [1.29, 1.82) is 0 Å². The van der Waals surface area contributed by atoms with Crippen molar-refractivity contribution in [3.63, 3.8) is 0 Å². The summed E-state index contributed by atoms with van der Waals surface area (Å²) in [6.07, 6.45) is 2.43. The van der Waals surface area contributed by atoms with Gasteiger partial charge in [0.1, 0.15) is 5.56 Å². The zero-order valence-corrected chi connectivity index (χ0v) is 11.3. The van der Waals surface area contributed by atoms with Gasteiger partial charge in [-0.2, -0.15) is 0 Å². The van der Waals surface area contributed by atoms with Crippen LogP contribution in [-0.4, -0.2) is 30.7 Å². The Morgan fingerprint density at radius 1 is 1.20 bits per heavy atom. The van der Waals surface area contributed by atoms with Gasteiger partial charge in [-0.05, 0) is 29.3 Å². The molecule has 2 aromatic rings. The summed E-state index contributed by atoms with van der Waals surface area (Å²) in [5.41, 5.74) is -0.174. The Morgan fingerprint density at radius 2 is 1.90 bits per heavy atom. The van der Waals surface area contributed by atoms with Crippen LogP contribution in [0.4, 0.5) is 0 Å². The quantitative estimate of drug-likeness (QED) is 0.883. The molecule has 2 rings (SSSR count). The molecule has 2 N–H and O–H groups in total. The van der Waals surface area contributed by atoms with E-state index < -0.39 is 26.9 Å². The Labute approximate surface area is 114 Å². The lowest BCUT2D eigenvalue weighted by Gasteiger charge is -2.05. The molecule has 0 bridgehead atoms. The van der Waals surface area contributed by atoms with Crippen molar-refractivity contribution < 1.29 is 18.3 Å². The van der Waals surface area contributed by atoms with Crippen LogP contribution in [0.25, 0.3) is 11.1 Å². The Bertz CT molecular complexity index is 836. The molecule has 0 atom stereocenters. The number of hydrogen-bond donors (Lipinski definition) is 2. The molecular formula is C13H11NO5S. The van der Waals surface area contributed by atoms with Crippen molar-refractivity contribution in [1.82, 2.24) is 4.98 Å². The fourth-order valence-corrected chi connectivity index (χ4v) is 2.38. The van der Waals surface area contributed by atoms with Crippen LogP contribution in [-0.2, 0) is 9.84 Å². The number of nitrogens with one attached hydrogen (secondary N) is 1. The van der Waals surface area contributed by atoms with Gasteiger partial charge >= 0.3 is 5.97 Å². The molecular weight excluding hydrogens is 282 g/mol. The van der Waals surface area contributed by atoms with Crippen LogP contribution in [0.1, 0.15) is 10.4 Å². The second-order valence-corrected chi connectivity index (χ2v) is 6.25. The molecule has 0 aliphatic heterocycles. The topological polar surface area (TPSA) is 104 Å². The Kier molecular flexibility index (Phi) is 3.46. The minimum Gasteiger partial charge on any atom is -0.477 e. The number of carboxylic acids is 1. The molecule has 0 radical (unpaired) electrons. The molecule has 20 heavy (non-hydrogen) atoms. The fraction of sp³-hybridized carbons (Fsp3) is 0.0769. The van der Waals surface area contributed by atoms with Crippen molar-refractivity contribution in [2.45, 2.75) is 4.90 Å². The molecule has 0 aliphatic carbocycles. The summed E-state index contributed by atoms with van der Waals surface area (Å²) in [5.74, 6) is -1.34. The maximum Gasteiger partial charge on any atom is 0.341 e. The summed E-state index contributed by atoms with van der Waals surface area (Å²) in [7, 11) is -3.36. The lowest BCUT2D eigenvalue weighted by molar-refractivity contribution is 0.0695. The normalized spacial score (nSPS) is 11.2. The number of carboxylic acid groups (broad SMARTS) is 1. The lowest BCUT2D eigenvalue weighted by Crippen LogP contribution is -2.16. The van der Waals surface area contributed by atoms with Crippen molar-refractivity contribution in [3.8, 4) is 11.1 Å². The van der Waals surface area contributed by atoms with Crippen molar-refractivity contribution >= 4 is 15.8 Å². The van der Waals surface area contributed by atoms with E-state index in [2.05, 4.69) is 4.98 Å². The van der Waals surface area contributed by atoms with E-state index in [0.29, 0.717) is 11.1 Å². The largest absolute Gasteiger partial charge is 0.477 e. The molecule has 6 nitrogen and oxygen atoms in total. The summed E-state index contributed by atoms with van der Waals surface area (Å²) in [4.78, 5) is 24.7. The van der Waals surface area contributed by atoms with Crippen LogP contribution < -0.4 is 5.56 Å². The van der Waals surface area contributed by atoms with Crippen molar-refractivity contribution in [3.05, 3.63) is 52.4 Å². The SMILES string of the molecule is CS(=O)(=O)c1cccc(-c2c[nH]c(=O)c(C(=O)O)c2)c1. The van der Waals surface area contributed by atoms with Gasteiger partial charge in [-0.15, -0.1) is 0 Å². The fourth-order valence-electron chi connectivity index (χ4n) is 1.72. The molecule has 1 aromatic heterocycles. The molecule has 0 spiro atoms. The van der Waals surface area contributed by atoms with Gasteiger partial charge in [0, 0.05) is 12.5 Å². The highest BCUT2D eigenvalue weighted by Crippen LogP contribution is 2.21. The average Bonchev–Trinajstić information content (AvgIpc) is 2.38. The van der Waals surface area contributed by atoms with Gasteiger partial charge in [0.2, 0.25) is 0 Å². The zero-order chi connectivity index (χ0) is 14.9. The maximum absolute atomic E-state index is 11.5. The predicted octanol–water partition coefficient (Wildman–Crippen LogP) is 1.14. The first-order chi connectivity index (χ1) is 9.29. The number of benzene rings is 1. The number of sulfone groups is 1. The van der Waals surface area contributed by atoms with E-state index >= 15 is 0 Å². The van der Waals surface area contributed by atoms with E-state index in [1.807, 2.05) is 0 Å². The number of pyridine rings is 1. The molecule has 0 unspecified atom stereocenters. The van der Waals surface area contributed by atoms with Crippen LogP contribution in [0, 0.1) is 0 Å². The summed E-state index contributed by atoms with van der Waals surface area (Å²) in [5, 5.41) is 8.90. The number of aromatic amines is 1. The van der Waals surface area contributed by atoms with E-state index in [1.165, 1.54) is 24.4 Å². The molecule has 0 amide bonds. The molecule has 1 heterocycles. The van der Waals surface area contributed by atoms with Gasteiger partial charge in [-0.3, -0.25) is 4.79 Å². The van der Waals surface area contributed by atoms with E-state index in [4.69, 9.17) is 5.11 Å². The highest BCUT2D eigenvalue weighted by molar-refractivity contribution is 7.90. The summed E-state index contributed by atoms with van der Waals surface area (Å²) in [6.45, 7) is 0. The molecule has 0 aliphatic rings. The van der Waals surface area contributed by atoms with Gasteiger partial charge in [-0.1, -0.05) is 12.1 Å². The van der Waals surface area contributed by atoms with Crippen molar-refractivity contribution in [2.24, 2.45) is 0 Å². The van der Waals surface area contributed by atoms with Crippen LogP contribution >= 0.6 is 0 Å². The summed E-state index contributed by atoms with van der Waals surface area (Å²) >= 11 is 0. The second kappa shape index (κ2) is 4.93. The second-order valence-electron chi connectivity index (χ2n) is 4.24. The summed E-state index contributed by atoms with van der Waals surface area (Å²) < 4.78 is 23.0. The van der Waals surface area contributed by atoms with Gasteiger partial charge in [0.25, 0.3) is 5.56 Å². The predicted molar refractivity (Wildman–Crippen MR) is 72.6 cm³/mol. The zero-order valence-electron chi connectivity index (χ0n) is 10.5. The number of hydrogen-bond acceptors (Lipinski definition) is 4. The van der Waals surface area contributed by atoms with E-state index in [1.54, 1.807) is 12.1 Å². The maximum atomic E-state index is 11.5. The van der Waals surface area contributed by atoms with Gasteiger partial charge < -0.3 is 10.1 Å². The number of aromatic nitrogens is 1. The smallest absolute Gasteiger partial charge is 0.341 e. The Balaban J connectivity index is 2.61. The standard InChI is InChI=1S/C13H11NO5S/c1-20(18,19)10-4-2-3-8(5-10)9-6-11(13(16)17)12(15)14-7-9/h2-7H,1H3,(H,14,15)(H,16,17). The Hall–Kier alpha value is -2.41. The lowest BCUT2D eigenvalue weighted by atomic mass is 10.1. The molecule has 7 heteroatoms. The minimum absolute atomic E-state index is 0.123. The van der Waals surface area contributed by atoms with Gasteiger partial charge in [-0.25, -0.2) is 13.2 Å². The van der Waals surface area contributed by atoms with Crippen molar-refractivity contribution in [2.75, 3.05) is 6.26 Å². The highest BCUT2D eigenvalue weighted by Gasteiger charge is 2.12. The van der Waals surface area contributed by atoms with Crippen LogP contribution in [0.3, 0.4) is 0 Å². The number of aromatic carboxylic acids is 1. The molecule has 0 saturated heterocycles. The molecule has 0 saturated carbocycles. The third-order valence-corrected chi connectivity index (χ3v) is 3.84. The highest BCUT2D eigenvalue weighted by atomic mass is 32.2. The summed E-state index contributed by atoms with van der Waals surface area (Å²) in [6, 6.07) is 7.27. The van der Waals surface area contributed by atoms with Gasteiger partial charge in [0.05, 0.1) is 4.90 Å². The molecule has 1 aromatic carbocycles. The molecule has 0 fully saturated rings. The van der Waals surface area contributed by atoms with E-state index in [0.717, 1.165) is 6.26 Å². The Morgan fingerprint density at radius 3 is 2.50 bits per heavy atom. The van der Waals surface area contributed by atoms with Gasteiger partial charge in [0.15, 0.2) is 9.84 Å². The van der Waals surface area contributed by atoms with Crippen LogP contribution in [0.5, 0.6) is 0 Å². The number of H-pyrrole nitrogens is 1. The monoisotopic (exact) mass is 293 g/mol. The van der Waals surface area contributed by atoms with E-state index in [9.17, 15) is 18.0 Å². The van der Waals surface area contributed by atoms with Crippen LogP contribution in [0.15, 0.2) is 46.2 Å². The first-order valence-electron chi connectivity index (χ1n) is 5.55. The first-order valence-corrected chi connectivity index (χ1v) is 7.45. The number of carbonyl (C=O) groups is 1. The van der Waals surface area contributed by atoms with E-state index in [-0.39, 0.29) is 4.90 Å². The third-order valence-electron chi connectivity index (χ3n) is 2.73. The third kappa shape index (κ3) is 2.77. The number of rotatable bonds is 3. The molecule has 104 valence electrons. The average molecular weight is 293 g/mol. The first kappa shape index (κ1) is 14.0. The van der Waals surface area contributed by atoms with Crippen LogP contribution in [0.2, 0.25) is 0 Å².